The first kappa shape index (κ1) is 13.6. The zero-order valence-electron chi connectivity index (χ0n) is 12.0. The van der Waals surface area contributed by atoms with Gasteiger partial charge < -0.3 is 13.6 Å². The summed E-state index contributed by atoms with van der Waals surface area (Å²) in [5.74, 6) is -0.441. The van der Waals surface area contributed by atoms with Gasteiger partial charge in [-0.3, -0.25) is 10.1 Å². The maximum Gasteiger partial charge on any atom is 0.368 e. The van der Waals surface area contributed by atoms with E-state index in [-0.39, 0.29) is 11.3 Å². The molecule has 0 spiro atoms. The summed E-state index contributed by atoms with van der Waals surface area (Å²) in [6, 6.07) is 8.41. The second-order valence-electron chi connectivity index (χ2n) is 5.42. The molecule has 3 aromatic rings. The number of aryl methyl sites for hydroxylation is 1. The molecule has 0 amide bonds. The van der Waals surface area contributed by atoms with Crippen LogP contribution in [0.25, 0.3) is 11.0 Å². The Morgan fingerprint density at radius 3 is 2.78 bits per heavy atom. The van der Waals surface area contributed by atoms with Gasteiger partial charge in [0.2, 0.25) is 0 Å². The second-order valence-corrected chi connectivity index (χ2v) is 5.42. The summed E-state index contributed by atoms with van der Waals surface area (Å²) < 4.78 is 16.1. The Labute approximate surface area is 129 Å². The van der Waals surface area contributed by atoms with Crippen LogP contribution in [0.15, 0.2) is 50.2 Å². The predicted molar refractivity (Wildman–Crippen MR) is 79.2 cm³/mol. The van der Waals surface area contributed by atoms with Gasteiger partial charge in [-0.25, -0.2) is 4.79 Å². The van der Waals surface area contributed by atoms with Crippen molar-refractivity contribution in [1.82, 2.24) is 0 Å². The molecule has 0 saturated carbocycles. The third-order valence-electron chi connectivity index (χ3n) is 3.94. The van der Waals surface area contributed by atoms with Gasteiger partial charge in [0.15, 0.2) is 5.92 Å². The lowest BCUT2D eigenvalue weighted by Gasteiger charge is -2.08. The Kier molecular flexibility index (Phi) is 2.77. The summed E-state index contributed by atoms with van der Waals surface area (Å²) in [5.41, 5.74) is 0.736. The first-order valence-corrected chi connectivity index (χ1v) is 6.97. The van der Waals surface area contributed by atoms with E-state index in [9.17, 15) is 14.9 Å². The van der Waals surface area contributed by atoms with Gasteiger partial charge in [0.25, 0.3) is 0 Å². The van der Waals surface area contributed by atoms with E-state index < -0.39 is 22.7 Å². The summed E-state index contributed by atoms with van der Waals surface area (Å²) in [6.07, 6.45) is -0.0258. The van der Waals surface area contributed by atoms with Crippen molar-refractivity contribution in [1.29, 1.82) is 0 Å². The minimum absolute atomic E-state index is 0.125. The van der Waals surface area contributed by atoms with Crippen molar-refractivity contribution >= 4 is 11.0 Å². The first-order valence-electron chi connectivity index (χ1n) is 6.97. The standard InChI is InChI=1S/C16H11NO6/c1-8-4-5-10-9(7-8)14-13(16(18)22-10)12(11-3-2-6-21-11)15(23-14)17(19)20/h2-7,12,15H,1H3/t12-,15-/m1/s1. The van der Waals surface area contributed by atoms with Crippen LogP contribution in [-0.2, 0) is 0 Å². The van der Waals surface area contributed by atoms with E-state index in [2.05, 4.69) is 0 Å². The Hall–Kier alpha value is -3.09. The summed E-state index contributed by atoms with van der Waals surface area (Å²) in [7, 11) is 0. The topological polar surface area (TPSA) is 95.7 Å². The largest absolute Gasteiger partial charge is 0.468 e. The number of benzene rings is 1. The molecule has 0 saturated heterocycles. The highest BCUT2D eigenvalue weighted by Gasteiger charge is 2.49. The number of hydrogen-bond acceptors (Lipinski definition) is 6. The van der Waals surface area contributed by atoms with Crippen LogP contribution in [-0.4, -0.2) is 11.2 Å². The molecule has 0 N–H and O–H groups in total. The highest BCUT2D eigenvalue weighted by Crippen LogP contribution is 2.44. The zero-order valence-corrected chi connectivity index (χ0v) is 12.0. The fraction of sp³-hybridized carbons (Fsp3) is 0.188. The number of hydrogen-bond donors (Lipinski definition) is 0. The lowest BCUT2D eigenvalue weighted by molar-refractivity contribution is -0.562. The van der Waals surface area contributed by atoms with E-state index in [1.165, 1.54) is 6.26 Å². The number of nitro groups is 1. The van der Waals surface area contributed by atoms with Gasteiger partial charge >= 0.3 is 11.9 Å². The van der Waals surface area contributed by atoms with Crippen molar-refractivity contribution in [2.24, 2.45) is 0 Å². The monoisotopic (exact) mass is 313 g/mol. The number of ether oxygens (including phenoxy) is 1. The van der Waals surface area contributed by atoms with Gasteiger partial charge in [0.1, 0.15) is 22.7 Å². The highest BCUT2D eigenvalue weighted by molar-refractivity contribution is 5.86. The van der Waals surface area contributed by atoms with E-state index in [0.717, 1.165) is 5.56 Å². The molecule has 0 aliphatic carbocycles. The molecule has 0 bridgehead atoms. The Morgan fingerprint density at radius 2 is 2.09 bits per heavy atom. The Balaban J connectivity index is 2.05. The van der Waals surface area contributed by atoms with Crippen molar-refractivity contribution in [3.63, 3.8) is 0 Å². The van der Waals surface area contributed by atoms with Gasteiger partial charge in [-0.15, -0.1) is 0 Å². The van der Waals surface area contributed by atoms with Gasteiger partial charge in [0.05, 0.1) is 16.6 Å². The molecule has 1 aromatic carbocycles. The third kappa shape index (κ3) is 1.93. The molecule has 0 unspecified atom stereocenters. The van der Waals surface area contributed by atoms with Crippen molar-refractivity contribution in [2.45, 2.75) is 19.1 Å². The maximum atomic E-state index is 12.4. The summed E-state index contributed by atoms with van der Waals surface area (Å²) in [5, 5.41) is 11.9. The maximum absolute atomic E-state index is 12.4. The minimum Gasteiger partial charge on any atom is -0.468 e. The van der Waals surface area contributed by atoms with E-state index >= 15 is 0 Å². The number of fused-ring (bicyclic) bond motifs is 3. The van der Waals surface area contributed by atoms with Crippen LogP contribution in [0.5, 0.6) is 5.75 Å². The van der Waals surface area contributed by atoms with E-state index in [4.69, 9.17) is 13.6 Å². The molecule has 2 aromatic heterocycles. The molecule has 1 aliphatic rings. The summed E-state index contributed by atoms with van der Waals surface area (Å²) in [6.45, 7) is 1.88. The van der Waals surface area contributed by atoms with E-state index in [1.807, 2.05) is 6.92 Å². The van der Waals surface area contributed by atoms with Gasteiger partial charge in [-0.2, -0.15) is 0 Å². The number of furan rings is 1. The molecule has 23 heavy (non-hydrogen) atoms. The molecule has 2 atom stereocenters. The third-order valence-corrected chi connectivity index (χ3v) is 3.94. The molecular formula is C16H11NO6. The average molecular weight is 313 g/mol. The van der Waals surface area contributed by atoms with Crippen LogP contribution in [0, 0.1) is 17.0 Å². The van der Waals surface area contributed by atoms with Gasteiger partial charge in [-0.1, -0.05) is 11.6 Å². The van der Waals surface area contributed by atoms with Crippen LogP contribution >= 0.6 is 0 Å². The summed E-state index contributed by atoms with van der Waals surface area (Å²) in [4.78, 5) is 23.2. The minimum atomic E-state index is -1.43. The zero-order chi connectivity index (χ0) is 16.1. The molecule has 7 nitrogen and oxygen atoms in total. The Bertz CT molecular complexity index is 972. The lowest BCUT2D eigenvalue weighted by atomic mass is 9.97. The fourth-order valence-corrected chi connectivity index (χ4v) is 2.95. The van der Waals surface area contributed by atoms with Gasteiger partial charge in [-0.05, 0) is 31.2 Å². The number of nitrogens with zero attached hydrogens (tertiary/aromatic N) is 1. The van der Waals surface area contributed by atoms with Crippen LogP contribution in [0.1, 0.15) is 22.8 Å². The SMILES string of the molecule is Cc1ccc2oc(=O)c3c(c2c1)O[C@@H]([N+](=O)[O-])[C@@H]3c1ccco1. The predicted octanol–water partition coefficient (Wildman–Crippen LogP) is 2.82. The smallest absolute Gasteiger partial charge is 0.368 e. The fourth-order valence-electron chi connectivity index (χ4n) is 2.95. The summed E-state index contributed by atoms with van der Waals surface area (Å²) >= 11 is 0. The molecule has 1 aliphatic heterocycles. The molecule has 0 radical (unpaired) electrons. The van der Waals surface area contributed by atoms with Crippen LogP contribution in [0.3, 0.4) is 0 Å². The quantitative estimate of drug-likeness (QED) is 0.410. The average Bonchev–Trinajstić information content (AvgIpc) is 3.14. The molecule has 0 fully saturated rings. The molecule has 4 rings (SSSR count). The molecule has 116 valence electrons. The van der Waals surface area contributed by atoms with Crippen molar-refractivity contribution in [3.8, 4) is 5.75 Å². The first-order chi connectivity index (χ1) is 11.1. The van der Waals surface area contributed by atoms with Crippen LogP contribution in [0.2, 0.25) is 0 Å². The van der Waals surface area contributed by atoms with Crippen LogP contribution in [0.4, 0.5) is 0 Å². The number of rotatable bonds is 2. The van der Waals surface area contributed by atoms with Crippen molar-refractivity contribution in [3.05, 3.63) is 74.0 Å². The molecular weight excluding hydrogens is 302 g/mol. The molecule has 7 heteroatoms. The second kappa shape index (κ2) is 4.70. The lowest BCUT2D eigenvalue weighted by Crippen LogP contribution is -2.29. The van der Waals surface area contributed by atoms with Crippen molar-refractivity contribution in [2.75, 3.05) is 0 Å². The van der Waals surface area contributed by atoms with E-state index in [0.29, 0.717) is 16.7 Å². The van der Waals surface area contributed by atoms with Gasteiger partial charge in [0, 0.05) is 0 Å². The highest BCUT2D eigenvalue weighted by atomic mass is 16.7. The van der Waals surface area contributed by atoms with Crippen LogP contribution < -0.4 is 10.4 Å². The Morgan fingerprint density at radius 1 is 1.26 bits per heavy atom. The van der Waals surface area contributed by atoms with Crippen molar-refractivity contribution < 1.29 is 18.5 Å². The molecule has 3 heterocycles. The van der Waals surface area contributed by atoms with E-state index in [1.54, 1.807) is 30.3 Å². The normalized spacial score (nSPS) is 19.5.